The molecule has 0 radical (unpaired) electrons. The molecule has 25 heavy (non-hydrogen) atoms. The Balaban J connectivity index is 1.31. The van der Waals surface area contributed by atoms with E-state index in [-0.39, 0.29) is 0 Å². The molecule has 2 aromatic heterocycles. The first-order chi connectivity index (χ1) is 12.3. The molecule has 1 fully saturated rings. The Bertz CT molecular complexity index is 797. The normalized spacial score (nSPS) is 16.4. The van der Waals surface area contributed by atoms with Crippen molar-refractivity contribution in [3.8, 4) is 11.4 Å². The van der Waals surface area contributed by atoms with Gasteiger partial charge >= 0.3 is 0 Å². The Morgan fingerprint density at radius 2 is 1.76 bits per heavy atom. The fraction of sp³-hybridized carbons (Fsp3) is 0.353. The summed E-state index contributed by atoms with van der Waals surface area (Å²) in [6.07, 6.45) is 1.95. The van der Waals surface area contributed by atoms with Crippen molar-refractivity contribution in [2.24, 2.45) is 0 Å². The van der Waals surface area contributed by atoms with Gasteiger partial charge in [-0.25, -0.2) is 0 Å². The molecule has 0 bridgehead atoms. The number of hydrogen-bond acceptors (Lipinski definition) is 7. The van der Waals surface area contributed by atoms with E-state index in [4.69, 9.17) is 16.1 Å². The highest BCUT2D eigenvalue weighted by atomic mass is 35.5. The molecule has 6 nitrogen and oxygen atoms in total. The molecule has 0 saturated carbocycles. The summed E-state index contributed by atoms with van der Waals surface area (Å²) < 4.78 is 5.41. The number of thiazole rings is 1. The summed E-state index contributed by atoms with van der Waals surface area (Å²) in [6.45, 7) is 5.75. The molecule has 130 valence electrons. The number of nitrogens with zero attached hydrogens (tertiary/aromatic N) is 5. The molecule has 0 aliphatic carbocycles. The molecule has 0 amide bonds. The minimum Gasteiger partial charge on any atom is -0.338 e. The minimum atomic E-state index is 0.607. The van der Waals surface area contributed by atoms with Gasteiger partial charge in [0.2, 0.25) is 11.7 Å². The molecule has 4 rings (SSSR count). The molecule has 1 aliphatic heterocycles. The molecule has 0 atom stereocenters. The maximum absolute atomic E-state index is 5.91. The first-order valence-electron chi connectivity index (χ1n) is 8.17. The van der Waals surface area contributed by atoms with E-state index in [9.17, 15) is 0 Å². The van der Waals surface area contributed by atoms with E-state index in [0.717, 1.165) is 38.3 Å². The molecule has 8 heteroatoms. The van der Waals surface area contributed by atoms with Gasteiger partial charge in [-0.2, -0.15) is 4.98 Å². The molecule has 3 aromatic rings. The number of halogens is 1. The summed E-state index contributed by atoms with van der Waals surface area (Å²) >= 11 is 7.63. The summed E-state index contributed by atoms with van der Waals surface area (Å²) in [7, 11) is 0. The van der Waals surface area contributed by atoms with Crippen LogP contribution < -0.4 is 0 Å². The molecule has 0 N–H and O–H groups in total. The van der Waals surface area contributed by atoms with Gasteiger partial charge in [-0.05, 0) is 24.3 Å². The second-order valence-electron chi connectivity index (χ2n) is 6.04. The summed E-state index contributed by atoms with van der Waals surface area (Å²) in [4.78, 5) is 14.8. The molecule has 0 spiro atoms. The Kier molecular flexibility index (Phi) is 5.07. The lowest BCUT2D eigenvalue weighted by Gasteiger charge is -2.33. The van der Waals surface area contributed by atoms with Crippen molar-refractivity contribution in [2.75, 3.05) is 26.2 Å². The van der Waals surface area contributed by atoms with Crippen LogP contribution in [0.25, 0.3) is 11.4 Å². The zero-order chi connectivity index (χ0) is 17.1. The van der Waals surface area contributed by atoms with Gasteiger partial charge in [0.05, 0.1) is 12.1 Å². The SMILES string of the molecule is Clc1ccc(-c2noc(CN3CCN(Cc4cncs4)CC3)n2)cc1. The zero-order valence-corrected chi connectivity index (χ0v) is 15.2. The zero-order valence-electron chi connectivity index (χ0n) is 13.6. The lowest BCUT2D eigenvalue weighted by Crippen LogP contribution is -2.45. The van der Waals surface area contributed by atoms with Gasteiger partial charge in [-0.3, -0.25) is 14.8 Å². The molecule has 1 saturated heterocycles. The van der Waals surface area contributed by atoms with E-state index in [2.05, 4.69) is 24.9 Å². The van der Waals surface area contributed by atoms with Crippen LogP contribution in [0.4, 0.5) is 0 Å². The number of aromatic nitrogens is 3. The average Bonchev–Trinajstić information content (AvgIpc) is 3.29. The molecular formula is C17H18ClN5OS. The molecule has 3 heterocycles. The van der Waals surface area contributed by atoms with Gasteiger partial charge in [-0.15, -0.1) is 11.3 Å². The summed E-state index contributed by atoms with van der Waals surface area (Å²) in [5.74, 6) is 1.26. The number of rotatable bonds is 5. The van der Waals surface area contributed by atoms with Crippen molar-refractivity contribution in [2.45, 2.75) is 13.1 Å². The highest BCUT2D eigenvalue weighted by Gasteiger charge is 2.20. The number of benzene rings is 1. The van der Waals surface area contributed by atoms with Crippen LogP contribution >= 0.6 is 22.9 Å². The smallest absolute Gasteiger partial charge is 0.241 e. The van der Waals surface area contributed by atoms with Crippen LogP contribution in [0.3, 0.4) is 0 Å². The minimum absolute atomic E-state index is 0.607. The third kappa shape index (κ3) is 4.24. The second kappa shape index (κ2) is 7.61. The quantitative estimate of drug-likeness (QED) is 0.682. The largest absolute Gasteiger partial charge is 0.338 e. The van der Waals surface area contributed by atoms with Crippen molar-refractivity contribution in [3.63, 3.8) is 0 Å². The van der Waals surface area contributed by atoms with E-state index >= 15 is 0 Å². The van der Waals surface area contributed by atoms with Gasteiger partial charge in [0.25, 0.3) is 0 Å². The predicted octanol–water partition coefficient (Wildman–Crippen LogP) is 3.16. The Hall–Kier alpha value is -1.80. The maximum atomic E-state index is 5.91. The first kappa shape index (κ1) is 16.7. The maximum Gasteiger partial charge on any atom is 0.241 e. The third-order valence-corrected chi connectivity index (χ3v) is 5.27. The lowest BCUT2D eigenvalue weighted by atomic mass is 10.2. The highest BCUT2D eigenvalue weighted by molar-refractivity contribution is 7.09. The molecule has 1 aliphatic rings. The van der Waals surface area contributed by atoms with Gasteiger partial charge in [0, 0.05) is 54.4 Å². The molecule has 1 aromatic carbocycles. The van der Waals surface area contributed by atoms with Crippen molar-refractivity contribution >= 4 is 22.9 Å². The Morgan fingerprint density at radius 3 is 2.44 bits per heavy atom. The van der Waals surface area contributed by atoms with Gasteiger partial charge < -0.3 is 4.52 Å². The highest BCUT2D eigenvalue weighted by Crippen LogP contribution is 2.19. The van der Waals surface area contributed by atoms with E-state index in [1.54, 1.807) is 11.3 Å². The van der Waals surface area contributed by atoms with E-state index in [0.29, 0.717) is 23.3 Å². The Labute approximate surface area is 155 Å². The predicted molar refractivity (Wildman–Crippen MR) is 97.4 cm³/mol. The van der Waals surface area contributed by atoms with Crippen LogP contribution in [0.15, 0.2) is 40.5 Å². The fourth-order valence-corrected chi connectivity index (χ4v) is 3.63. The van der Waals surface area contributed by atoms with Gasteiger partial charge in [0.1, 0.15) is 0 Å². The van der Waals surface area contributed by atoms with E-state index < -0.39 is 0 Å². The first-order valence-corrected chi connectivity index (χ1v) is 9.42. The monoisotopic (exact) mass is 375 g/mol. The Morgan fingerprint density at radius 1 is 1.04 bits per heavy atom. The van der Waals surface area contributed by atoms with Gasteiger partial charge in [-0.1, -0.05) is 16.8 Å². The number of piperazine rings is 1. The van der Waals surface area contributed by atoms with Crippen molar-refractivity contribution < 1.29 is 4.52 Å². The van der Waals surface area contributed by atoms with Crippen molar-refractivity contribution in [1.29, 1.82) is 0 Å². The van der Waals surface area contributed by atoms with Crippen LogP contribution in [0, 0.1) is 0 Å². The van der Waals surface area contributed by atoms with E-state index in [1.807, 2.05) is 36.0 Å². The summed E-state index contributed by atoms with van der Waals surface area (Å²) in [5, 5.41) is 4.77. The molecule has 0 unspecified atom stereocenters. The van der Waals surface area contributed by atoms with Crippen molar-refractivity contribution in [3.05, 3.63) is 51.8 Å². The summed E-state index contributed by atoms with van der Waals surface area (Å²) in [6, 6.07) is 7.45. The van der Waals surface area contributed by atoms with Crippen LogP contribution in [0.1, 0.15) is 10.8 Å². The van der Waals surface area contributed by atoms with Crippen LogP contribution in [0.2, 0.25) is 5.02 Å². The standard InChI is InChI=1S/C17H18ClN5OS/c18-14-3-1-13(2-4-14)17-20-16(24-21-17)11-23-7-5-22(6-8-23)10-15-9-19-12-25-15/h1-4,9,12H,5-8,10-11H2. The second-order valence-corrected chi connectivity index (χ2v) is 7.45. The molecular weight excluding hydrogens is 358 g/mol. The van der Waals surface area contributed by atoms with E-state index in [1.165, 1.54) is 4.88 Å². The average molecular weight is 376 g/mol. The number of hydrogen-bond donors (Lipinski definition) is 0. The van der Waals surface area contributed by atoms with Gasteiger partial charge in [0.15, 0.2) is 0 Å². The van der Waals surface area contributed by atoms with Crippen LogP contribution in [0.5, 0.6) is 0 Å². The fourth-order valence-electron chi connectivity index (χ4n) is 2.87. The summed E-state index contributed by atoms with van der Waals surface area (Å²) in [5.41, 5.74) is 2.80. The lowest BCUT2D eigenvalue weighted by molar-refractivity contribution is 0.113. The van der Waals surface area contributed by atoms with Crippen molar-refractivity contribution in [1.82, 2.24) is 24.9 Å². The topological polar surface area (TPSA) is 58.3 Å². The third-order valence-electron chi connectivity index (χ3n) is 4.26. The van der Waals surface area contributed by atoms with Crippen LogP contribution in [-0.2, 0) is 13.1 Å². The van der Waals surface area contributed by atoms with Crippen LogP contribution in [-0.4, -0.2) is 51.1 Å².